The van der Waals surface area contributed by atoms with E-state index in [2.05, 4.69) is 205 Å². The summed E-state index contributed by atoms with van der Waals surface area (Å²) in [5.41, 5.74) is 17.0. The standard InChI is InChI=1S/C51H33NO/c1-4-17-34(18-5-1)38-32-31-37(33-42(38)35-19-6-2-7-20-35)52(36-21-8-3-9-22-36)46-29-16-28-45-49(46)48-41-25-12-15-30-47(41)53-50(48)51(45)43-26-13-10-23-39(43)40-24-11-14-27-44(40)51/h1-33H. The van der Waals surface area contributed by atoms with Crippen LogP contribution in [0.2, 0.25) is 0 Å². The molecule has 2 aliphatic carbocycles. The number of fused-ring (bicyclic) bond motifs is 12. The number of furan rings is 1. The number of hydrogen-bond acceptors (Lipinski definition) is 2. The Hall–Kier alpha value is -6.90. The predicted molar refractivity (Wildman–Crippen MR) is 218 cm³/mol. The highest BCUT2D eigenvalue weighted by Gasteiger charge is 2.55. The van der Waals surface area contributed by atoms with Crippen LogP contribution in [0, 0.1) is 0 Å². The van der Waals surface area contributed by atoms with Gasteiger partial charge in [0.15, 0.2) is 0 Å². The van der Waals surface area contributed by atoms with Crippen LogP contribution in [-0.2, 0) is 5.41 Å². The average molecular weight is 676 g/mol. The molecule has 1 heterocycles. The van der Waals surface area contributed by atoms with E-state index in [1.54, 1.807) is 0 Å². The highest BCUT2D eigenvalue weighted by atomic mass is 16.3. The second-order valence-corrected chi connectivity index (χ2v) is 14.0. The van der Waals surface area contributed by atoms with Crippen molar-refractivity contribution in [1.82, 2.24) is 0 Å². The van der Waals surface area contributed by atoms with Crippen molar-refractivity contribution in [3.05, 3.63) is 223 Å². The van der Waals surface area contributed by atoms with Crippen LogP contribution in [0.5, 0.6) is 0 Å². The maximum Gasteiger partial charge on any atom is 0.135 e. The van der Waals surface area contributed by atoms with Crippen LogP contribution in [0.3, 0.4) is 0 Å². The number of hydrogen-bond donors (Lipinski definition) is 0. The van der Waals surface area contributed by atoms with Gasteiger partial charge in [-0.15, -0.1) is 0 Å². The molecule has 1 spiro atoms. The molecule has 0 radical (unpaired) electrons. The molecule has 2 aliphatic rings. The lowest BCUT2D eigenvalue weighted by molar-refractivity contribution is 0.507. The third kappa shape index (κ3) is 4.21. The molecule has 8 aromatic carbocycles. The smallest absolute Gasteiger partial charge is 0.135 e. The lowest BCUT2D eigenvalue weighted by atomic mass is 9.73. The fraction of sp³-hybridized carbons (Fsp3) is 0.0196. The molecule has 0 N–H and O–H groups in total. The highest BCUT2D eigenvalue weighted by Crippen LogP contribution is 2.66. The summed E-state index contributed by atoms with van der Waals surface area (Å²) in [6.45, 7) is 0. The van der Waals surface area contributed by atoms with Crippen LogP contribution in [0.15, 0.2) is 205 Å². The predicted octanol–water partition coefficient (Wildman–Crippen LogP) is 13.6. The van der Waals surface area contributed by atoms with Gasteiger partial charge in [-0.05, 0) is 86.5 Å². The van der Waals surface area contributed by atoms with Crippen molar-refractivity contribution >= 4 is 28.0 Å². The molecule has 0 atom stereocenters. The van der Waals surface area contributed by atoms with Gasteiger partial charge >= 0.3 is 0 Å². The fourth-order valence-electron chi connectivity index (χ4n) is 9.15. The van der Waals surface area contributed by atoms with Gasteiger partial charge in [-0.2, -0.15) is 0 Å². The van der Waals surface area contributed by atoms with E-state index in [0.717, 1.165) is 33.8 Å². The van der Waals surface area contributed by atoms with E-state index in [1.807, 2.05) is 0 Å². The maximum atomic E-state index is 7.11. The summed E-state index contributed by atoms with van der Waals surface area (Å²) < 4.78 is 7.11. The van der Waals surface area contributed by atoms with E-state index < -0.39 is 5.41 Å². The monoisotopic (exact) mass is 675 g/mol. The summed E-state index contributed by atoms with van der Waals surface area (Å²) in [4.78, 5) is 2.44. The van der Waals surface area contributed by atoms with Crippen LogP contribution in [-0.4, -0.2) is 0 Å². The Bertz CT molecular complexity index is 2790. The molecule has 0 saturated carbocycles. The average Bonchev–Trinajstić information content (AvgIpc) is 3.86. The van der Waals surface area contributed by atoms with Crippen LogP contribution < -0.4 is 4.90 Å². The number of nitrogens with zero attached hydrogens (tertiary/aromatic N) is 1. The molecule has 0 fully saturated rings. The Morgan fingerprint density at radius 2 is 0.943 bits per heavy atom. The van der Waals surface area contributed by atoms with Gasteiger partial charge in [-0.25, -0.2) is 0 Å². The van der Waals surface area contributed by atoms with Crippen molar-refractivity contribution in [1.29, 1.82) is 0 Å². The summed E-state index contributed by atoms with van der Waals surface area (Å²) in [5, 5.41) is 1.13. The number of para-hydroxylation sites is 2. The van der Waals surface area contributed by atoms with Crippen LogP contribution >= 0.6 is 0 Å². The minimum atomic E-state index is -0.596. The van der Waals surface area contributed by atoms with Gasteiger partial charge in [0.2, 0.25) is 0 Å². The first-order chi connectivity index (χ1) is 26.3. The minimum absolute atomic E-state index is 0.596. The van der Waals surface area contributed by atoms with E-state index in [-0.39, 0.29) is 0 Å². The van der Waals surface area contributed by atoms with Gasteiger partial charge in [0, 0.05) is 27.9 Å². The van der Waals surface area contributed by atoms with Gasteiger partial charge in [0.25, 0.3) is 0 Å². The summed E-state index contributed by atoms with van der Waals surface area (Å²) in [7, 11) is 0. The molecule has 53 heavy (non-hydrogen) atoms. The van der Waals surface area contributed by atoms with Gasteiger partial charge in [0.1, 0.15) is 16.8 Å². The summed E-state index contributed by atoms with van der Waals surface area (Å²) >= 11 is 0. The largest absolute Gasteiger partial charge is 0.459 e. The molecule has 248 valence electrons. The molecule has 0 saturated heterocycles. The topological polar surface area (TPSA) is 16.4 Å². The van der Waals surface area contributed by atoms with Crippen LogP contribution in [0.1, 0.15) is 22.5 Å². The van der Waals surface area contributed by atoms with E-state index in [1.165, 1.54) is 61.2 Å². The van der Waals surface area contributed by atoms with Crippen LogP contribution in [0.4, 0.5) is 17.1 Å². The van der Waals surface area contributed by atoms with Crippen molar-refractivity contribution in [2.24, 2.45) is 0 Å². The van der Waals surface area contributed by atoms with Crippen LogP contribution in [0.25, 0.3) is 55.5 Å². The highest BCUT2D eigenvalue weighted by molar-refractivity contribution is 6.09. The third-order valence-electron chi connectivity index (χ3n) is 11.3. The molecular formula is C51H33NO. The van der Waals surface area contributed by atoms with Gasteiger partial charge < -0.3 is 9.32 Å². The lowest BCUT2D eigenvalue weighted by Gasteiger charge is -2.31. The Kier molecular flexibility index (Phi) is 6.50. The first kappa shape index (κ1) is 29.8. The fourth-order valence-corrected chi connectivity index (χ4v) is 9.15. The normalized spacial score (nSPS) is 13.1. The van der Waals surface area contributed by atoms with Crippen molar-refractivity contribution in [2.75, 3.05) is 4.90 Å². The second kappa shape index (κ2) is 11.6. The molecule has 11 rings (SSSR count). The molecule has 9 aromatic rings. The molecule has 0 bridgehead atoms. The molecule has 2 nitrogen and oxygen atoms in total. The molecule has 0 amide bonds. The van der Waals surface area contributed by atoms with Crippen molar-refractivity contribution in [3.63, 3.8) is 0 Å². The quantitative estimate of drug-likeness (QED) is 0.181. The number of anilines is 3. The van der Waals surface area contributed by atoms with Gasteiger partial charge in [-0.3, -0.25) is 0 Å². The molecule has 2 heteroatoms. The second-order valence-electron chi connectivity index (χ2n) is 14.0. The Balaban J connectivity index is 1.24. The zero-order chi connectivity index (χ0) is 34.9. The molecule has 0 aliphatic heterocycles. The summed E-state index contributed by atoms with van der Waals surface area (Å²) in [5.74, 6) is 0.996. The zero-order valence-corrected chi connectivity index (χ0v) is 28.9. The first-order valence-electron chi connectivity index (χ1n) is 18.3. The number of benzene rings is 8. The first-order valence-corrected chi connectivity index (χ1v) is 18.3. The molecule has 0 unspecified atom stereocenters. The SMILES string of the molecule is c1ccc(-c2ccc(N(c3ccccc3)c3cccc4c3-c3c(oc5ccccc35)C43c4ccccc4-c4ccccc43)cc2-c2ccccc2)cc1. The van der Waals surface area contributed by atoms with Gasteiger partial charge in [0.05, 0.1) is 5.69 Å². The van der Waals surface area contributed by atoms with Crippen molar-refractivity contribution in [2.45, 2.75) is 5.41 Å². The summed E-state index contributed by atoms with van der Waals surface area (Å²) in [6, 6.07) is 72.4. The van der Waals surface area contributed by atoms with Gasteiger partial charge in [-0.1, -0.05) is 164 Å². The van der Waals surface area contributed by atoms with E-state index >= 15 is 0 Å². The number of rotatable bonds is 5. The van der Waals surface area contributed by atoms with E-state index in [9.17, 15) is 0 Å². The minimum Gasteiger partial charge on any atom is -0.459 e. The zero-order valence-electron chi connectivity index (χ0n) is 28.9. The lowest BCUT2D eigenvalue weighted by Crippen LogP contribution is -2.25. The Labute approximate surface area is 308 Å². The molecular weight excluding hydrogens is 643 g/mol. The van der Waals surface area contributed by atoms with E-state index in [4.69, 9.17) is 4.42 Å². The molecule has 1 aromatic heterocycles. The Morgan fingerprint density at radius 1 is 0.377 bits per heavy atom. The maximum absolute atomic E-state index is 7.11. The van der Waals surface area contributed by atoms with Crippen molar-refractivity contribution in [3.8, 4) is 44.5 Å². The Morgan fingerprint density at radius 3 is 1.64 bits per heavy atom. The van der Waals surface area contributed by atoms with E-state index in [0.29, 0.717) is 0 Å². The van der Waals surface area contributed by atoms with Crippen molar-refractivity contribution < 1.29 is 4.42 Å². The third-order valence-corrected chi connectivity index (χ3v) is 11.3. The summed E-state index contributed by atoms with van der Waals surface area (Å²) in [6.07, 6.45) is 0.